The van der Waals surface area contributed by atoms with Crippen molar-refractivity contribution in [3.63, 3.8) is 0 Å². The predicted octanol–water partition coefficient (Wildman–Crippen LogP) is 2.47. The summed E-state index contributed by atoms with van der Waals surface area (Å²) in [5.74, 6) is -1.46. The molecule has 5 nitrogen and oxygen atoms in total. The van der Waals surface area contributed by atoms with Crippen LogP contribution >= 0.6 is 0 Å². The summed E-state index contributed by atoms with van der Waals surface area (Å²) in [4.78, 5) is 24.2. The Hall–Kier alpha value is -2.68. The number of hydrogen-bond donors (Lipinski definition) is 2. The second-order valence-electron chi connectivity index (χ2n) is 6.24. The Kier molecular flexibility index (Phi) is 4.96. The first-order valence-electron chi connectivity index (χ1n) is 7.43. The van der Waals surface area contributed by atoms with Gasteiger partial charge in [-0.15, -0.1) is 0 Å². The lowest BCUT2D eigenvalue weighted by Crippen LogP contribution is -2.42. The van der Waals surface area contributed by atoms with E-state index < -0.39 is 40.5 Å². The molecule has 1 unspecified atom stereocenters. The van der Waals surface area contributed by atoms with Crippen molar-refractivity contribution in [2.45, 2.75) is 31.7 Å². The standard InChI is InChI=1S/C17H16F4N2O3/c1-16(2,15(22)26)23-7-11(9-3-5-10(18)6-4-9)13(24)12(8-23)14(25)17(19,20)21/h3-8,14,25H,1-2H3,(H2,22,26). The number of nitrogens with zero attached hydrogens (tertiary/aromatic N) is 1. The Bertz CT molecular complexity index is 886. The lowest BCUT2D eigenvalue weighted by Gasteiger charge is -2.27. The van der Waals surface area contributed by atoms with Crippen molar-refractivity contribution in [2.24, 2.45) is 5.73 Å². The summed E-state index contributed by atoms with van der Waals surface area (Å²) >= 11 is 0. The molecule has 3 N–H and O–H groups in total. The number of halogens is 4. The third-order valence-electron chi connectivity index (χ3n) is 4.06. The Labute approximate surface area is 145 Å². The number of pyridine rings is 1. The number of nitrogens with two attached hydrogens (primary N) is 1. The van der Waals surface area contributed by atoms with Crippen molar-refractivity contribution in [1.82, 2.24) is 4.57 Å². The van der Waals surface area contributed by atoms with Gasteiger partial charge in [0.2, 0.25) is 5.91 Å². The van der Waals surface area contributed by atoms with Crippen LogP contribution in [0.1, 0.15) is 25.5 Å². The fourth-order valence-corrected chi connectivity index (χ4v) is 2.26. The smallest absolute Gasteiger partial charge is 0.379 e. The van der Waals surface area contributed by atoms with Crippen LogP contribution in [0.3, 0.4) is 0 Å². The SMILES string of the molecule is CC(C)(C(N)=O)n1cc(-c2ccc(F)cc2)c(=O)c(C(O)C(F)(F)F)c1. The lowest BCUT2D eigenvalue weighted by atomic mass is 9.98. The summed E-state index contributed by atoms with van der Waals surface area (Å²) < 4.78 is 53.0. The molecule has 1 atom stereocenters. The normalized spacial score (nSPS) is 13.5. The van der Waals surface area contributed by atoms with Crippen LogP contribution in [0.25, 0.3) is 11.1 Å². The first-order chi connectivity index (χ1) is 11.9. The number of carbonyl (C=O) groups is 1. The minimum absolute atomic E-state index is 0.127. The van der Waals surface area contributed by atoms with Crippen molar-refractivity contribution < 1.29 is 27.5 Å². The number of rotatable bonds is 4. The number of aliphatic hydroxyl groups is 1. The maximum Gasteiger partial charge on any atom is 0.418 e. The monoisotopic (exact) mass is 372 g/mol. The number of alkyl halides is 3. The fourth-order valence-electron chi connectivity index (χ4n) is 2.26. The molecule has 1 heterocycles. The van der Waals surface area contributed by atoms with E-state index in [1.807, 2.05) is 0 Å². The fraction of sp³-hybridized carbons (Fsp3) is 0.294. The van der Waals surface area contributed by atoms with E-state index in [4.69, 9.17) is 5.73 Å². The quantitative estimate of drug-likeness (QED) is 0.809. The molecule has 2 aromatic rings. The van der Waals surface area contributed by atoms with Gasteiger partial charge in [0.25, 0.3) is 0 Å². The molecule has 0 aliphatic heterocycles. The molecule has 0 saturated heterocycles. The van der Waals surface area contributed by atoms with Crippen LogP contribution in [-0.2, 0) is 10.3 Å². The van der Waals surface area contributed by atoms with Crippen LogP contribution in [0.15, 0.2) is 41.5 Å². The summed E-state index contributed by atoms with van der Waals surface area (Å²) in [6.45, 7) is 2.69. The number of benzene rings is 1. The van der Waals surface area contributed by atoms with Gasteiger partial charge >= 0.3 is 6.18 Å². The van der Waals surface area contributed by atoms with E-state index in [0.29, 0.717) is 0 Å². The Morgan fingerprint density at radius 1 is 1.15 bits per heavy atom. The van der Waals surface area contributed by atoms with E-state index in [2.05, 4.69) is 0 Å². The average Bonchev–Trinajstić information content (AvgIpc) is 2.54. The second kappa shape index (κ2) is 6.56. The van der Waals surface area contributed by atoms with Gasteiger partial charge in [-0.05, 0) is 31.5 Å². The molecule has 0 radical (unpaired) electrons. The molecule has 0 aliphatic rings. The van der Waals surface area contributed by atoms with Crippen LogP contribution in [0.4, 0.5) is 17.6 Å². The second-order valence-corrected chi connectivity index (χ2v) is 6.24. The van der Waals surface area contributed by atoms with Gasteiger partial charge in [0, 0.05) is 18.0 Å². The molecule has 2 rings (SSSR count). The van der Waals surface area contributed by atoms with Gasteiger partial charge < -0.3 is 15.4 Å². The minimum Gasteiger partial charge on any atom is -0.379 e. The highest BCUT2D eigenvalue weighted by atomic mass is 19.4. The van der Waals surface area contributed by atoms with Crippen molar-refractivity contribution in [3.05, 3.63) is 58.3 Å². The van der Waals surface area contributed by atoms with E-state index in [0.717, 1.165) is 29.1 Å². The van der Waals surface area contributed by atoms with Crippen molar-refractivity contribution in [1.29, 1.82) is 0 Å². The summed E-state index contributed by atoms with van der Waals surface area (Å²) in [6.07, 6.45) is -6.24. The van der Waals surface area contributed by atoms with Crippen molar-refractivity contribution in [3.8, 4) is 11.1 Å². The Morgan fingerprint density at radius 2 is 1.69 bits per heavy atom. The molecule has 1 aromatic carbocycles. The zero-order chi connectivity index (χ0) is 19.9. The maximum absolute atomic E-state index is 13.1. The van der Waals surface area contributed by atoms with E-state index in [-0.39, 0.29) is 11.1 Å². The topological polar surface area (TPSA) is 85.3 Å². The Balaban J connectivity index is 2.81. The number of carbonyl (C=O) groups excluding carboxylic acids is 1. The average molecular weight is 372 g/mol. The largest absolute Gasteiger partial charge is 0.418 e. The first kappa shape index (κ1) is 19.6. The van der Waals surface area contributed by atoms with Gasteiger partial charge in [-0.3, -0.25) is 9.59 Å². The molecule has 0 spiro atoms. The molecule has 0 fully saturated rings. The maximum atomic E-state index is 13.1. The number of hydrogen-bond acceptors (Lipinski definition) is 3. The highest BCUT2D eigenvalue weighted by Crippen LogP contribution is 2.32. The van der Waals surface area contributed by atoms with E-state index in [1.165, 1.54) is 26.0 Å². The van der Waals surface area contributed by atoms with Crippen LogP contribution < -0.4 is 11.2 Å². The van der Waals surface area contributed by atoms with E-state index in [9.17, 15) is 32.3 Å². The minimum atomic E-state index is -5.09. The summed E-state index contributed by atoms with van der Waals surface area (Å²) in [5, 5.41) is 9.57. The summed E-state index contributed by atoms with van der Waals surface area (Å²) in [7, 11) is 0. The van der Waals surface area contributed by atoms with Crippen LogP contribution in [0, 0.1) is 5.82 Å². The molecule has 1 amide bonds. The van der Waals surface area contributed by atoms with Gasteiger partial charge in [-0.25, -0.2) is 4.39 Å². The molecule has 1 aromatic heterocycles. The molecular formula is C17H16F4N2O3. The molecule has 9 heteroatoms. The summed E-state index contributed by atoms with van der Waals surface area (Å²) in [5.41, 5.74) is 1.65. The molecule has 0 saturated carbocycles. The van der Waals surface area contributed by atoms with Crippen LogP contribution in [-0.4, -0.2) is 21.8 Å². The summed E-state index contributed by atoms with van der Waals surface area (Å²) in [6, 6.07) is 4.48. The van der Waals surface area contributed by atoms with Crippen LogP contribution in [0.2, 0.25) is 0 Å². The number of amides is 1. The third-order valence-corrected chi connectivity index (χ3v) is 4.06. The molecular weight excluding hydrogens is 356 g/mol. The van der Waals surface area contributed by atoms with Gasteiger partial charge in [-0.2, -0.15) is 13.2 Å². The van der Waals surface area contributed by atoms with Crippen molar-refractivity contribution in [2.75, 3.05) is 0 Å². The number of aliphatic hydroxyl groups excluding tert-OH is 1. The van der Waals surface area contributed by atoms with E-state index in [1.54, 1.807) is 0 Å². The number of primary amides is 1. The zero-order valence-electron chi connectivity index (χ0n) is 13.8. The van der Waals surface area contributed by atoms with Gasteiger partial charge in [-0.1, -0.05) is 12.1 Å². The van der Waals surface area contributed by atoms with Gasteiger partial charge in [0.05, 0.1) is 5.56 Å². The first-order valence-corrected chi connectivity index (χ1v) is 7.43. The van der Waals surface area contributed by atoms with Crippen molar-refractivity contribution >= 4 is 5.91 Å². The van der Waals surface area contributed by atoms with Crippen LogP contribution in [0.5, 0.6) is 0 Å². The lowest BCUT2D eigenvalue weighted by molar-refractivity contribution is -0.207. The third kappa shape index (κ3) is 3.62. The molecule has 140 valence electrons. The zero-order valence-corrected chi connectivity index (χ0v) is 13.8. The number of aromatic nitrogens is 1. The molecule has 0 bridgehead atoms. The van der Waals surface area contributed by atoms with E-state index >= 15 is 0 Å². The highest BCUT2D eigenvalue weighted by Gasteiger charge is 2.42. The highest BCUT2D eigenvalue weighted by molar-refractivity contribution is 5.82. The van der Waals surface area contributed by atoms with Gasteiger partial charge in [0.15, 0.2) is 11.5 Å². The Morgan fingerprint density at radius 3 is 2.15 bits per heavy atom. The molecule has 26 heavy (non-hydrogen) atoms. The predicted molar refractivity (Wildman–Crippen MR) is 85.6 cm³/mol. The van der Waals surface area contributed by atoms with Gasteiger partial charge in [0.1, 0.15) is 11.4 Å². The molecule has 0 aliphatic carbocycles.